The number of likely N-dealkylation sites (N-methyl/N-ethyl adjacent to an activating group) is 1. The Morgan fingerprint density at radius 1 is 1.62 bits per heavy atom. The van der Waals surface area contributed by atoms with Gasteiger partial charge in [-0.15, -0.1) is 0 Å². The average Bonchev–Trinajstić information content (AvgIpc) is 2.57. The fourth-order valence-corrected chi connectivity index (χ4v) is 1.85. The van der Waals surface area contributed by atoms with E-state index >= 15 is 0 Å². The first-order chi connectivity index (χ1) is 7.34. The van der Waals surface area contributed by atoms with Gasteiger partial charge in [0, 0.05) is 0 Å². The molecular weight excluding hydrogens is 273 g/mol. The van der Waals surface area contributed by atoms with Gasteiger partial charge in [-0.05, 0) is 0 Å². The number of rotatable bonds is 4. The Labute approximate surface area is 104 Å². The molecule has 1 N–H and O–H groups in total. The number of quaternary nitrogens is 1. The molecule has 5 nitrogen and oxygen atoms in total. The standard InChI is InChI=1S/C10H17N3O2Se/c1-13(2,3)8(9(14)15-4)5-7-6-11-10(16)12-7/h6,8H,5H2,1-4H3,(H,11,12)/q+1. The van der Waals surface area contributed by atoms with Crippen LogP contribution < -0.4 is 4.72 Å². The summed E-state index contributed by atoms with van der Waals surface area (Å²) in [5, 5.41) is 0. The van der Waals surface area contributed by atoms with Gasteiger partial charge < -0.3 is 0 Å². The molecule has 1 radical (unpaired) electrons. The van der Waals surface area contributed by atoms with Crippen molar-refractivity contribution in [3.63, 3.8) is 0 Å². The van der Waals surface area contributed by atoms with Gasteiger partial charge in [0.05, 0.1) is 0 Å². The molecule has 1 heterocycles. The zero-order valence-electron chi connectivity index (χ0n) is 9.98. The van der Waals surface area contributed by atoms with Crippen LogP contribution in [-0.4, -0.2) is 70.7 Å². The van der Waals surface area contributed by atoms with Gasteiger partial charge in [0.2, 0.25) is 0 Å². The molecule has 6 heteroatoms. The summed E-state index contributed by atoms with van der Waals surface area (Å²) in [5.74, 6) is -0.205. The number of imidazole rings is 1. The van der Waals surface area contributed by atoms with Crippen molar-refractivity contribution in [3.8, 4) is 0 Å². The van der Waals surface area contributed by atoms with E-state index < -0.39 is 0 Å². The zero-order chi connectivity index (χ0) is 12.3. The zero-order valence-corrected chi connectivity index (χ0v) is 11.7. The number of nitrogens with zero attached hydrogens (tertiary/aromatic N) is 2. The first kappa shape index (κ1) is 13.2. The first-order valence-electron chi connectivity index (χ1n) is 4.94. The Morgan fingerprint density at radius 3 is 2.62 bits per heavy atom. The molecule has 16 heavy (non-hydrogen) atoms. The molecule has 1 atom stereocenters. The number of hydrogen-bond donors (Lipinski definition) is 1. The van der Waals surface area contributed by atoms with E-state index in [1.54, 1.807) is 6.20 Å². The second-order valence-corrected chi connectivity index (χ2v) is 5.38. The van der Waals surface area contributed by atoms with Crippen molar-refractivity contribution in [1.29, 1.82) is 0 Å². The van der Waals surface area contributed by atoms with Gasteiger partial charge in [-0.3, -0.25) is 0 Å². The molecule has 0 aliphatic heterocycles. The summed E-state index contributed by atoms with van der Waals surface area (Å²) in [6, 6.07) is -0.232. The van der Waals surface area contributed by atoms with Gasteiger partial charge >= 0.3 is 103 Å². The summed E-state index contributed by atoms with van der Waals surface area (Å²) in [6.45, 7) is 0. The number of aromatic amines is 1. The second kappa shape index (κ2) is 4.99. The molecule has 0 aliphatic rings. The van der Waals surface area contributed by atoms with Gasteiger partial charge in [0.25, 0.3) is 0 Å². The molecule has 0 spiro atoms. The summed E-state index contributed by atoms with van der Waals surface area (Å²) < 4.78 is 6.08. The van der Waals surface area contributed by atoms with E-state index in [0.717, 1.165) is 10.4 Å². The Hall–Kier alpha value is -0.841. The predicted molar refractivity (Wildman–Crippen MR) is 61.5 cm³/mol. The molecule has 0 aliphatic carbocycles. The molecule has 0 fully saturated rings. The van der Waals surface area contributed by atoms with Crippen molar-refractivity contribution in [3.05, 3.63) is 11.9 Å². The normalized spacial score (nSPS) is 13.5. The minimum absolute atomic E-state index is 0.205. The van der Waals surface area contributed by atoms with Crippen LogP contribution in [0.2, 0.25) is 0 Å². The Morgan fingerprint density at radius 2 is 2.25 bits per heavy atom. The van der Waals surface area contributed by atoms with Crippen LogP contribution in [0.25, 0.3) is 0 Å². The minimum atomic E-state index is -0.232. The molecule has 1 unspecified atom stereocenters. The van der Waals surface area contributed by atoms with Crippen LogP contribution in [-0.2, 0) is 16.0 Å². The van der Waals surface area contributed by atoms with E-state index in [9.17, 15) is 4.79 Å². The summed E-state index contributed by atoms with van der Waals surface area (Å²) >= 11 is 2.79. The van der Waals surface area contributed by atoms with Gasteiger partial charge in [0.1, 0.15) is 0 Å². The number of methoxy groups -OCH3 is 1. The number of ether oxygens (including phenoxy) is 1. The summed E-state index contributed by atoms with van der Waals surface area (Å²) in [7, 11) is 7.32. The van der Waals surface area contributed by atoms with Crippen LogP contribution in [0.1, 0.15) is 5.69 Å². The number of esters is 1. The van der Waals surface area contributed by atoms with Crippen molar-refractivity contribution >= 4 is 26.7 Å². The number of carbonyl (C=O) groups excluding carboxylic acids is 1. The third kappa shape index (κ3) is 3.33. The molecule has 0 amide bonds. The van der Waals surface area contributed by atoms with Crippen LogP contribution >= 0.6 is 0 Å². The second-order valence-electron chi connectivity index (χ2n) is 4.57. The van der Waals surface area contributed by atoms with Crippen LogP contribution in [0.5, 0.6) is 0 Å². The molecule has 1 aromatic rings. The quantitative estimate of drug-likeness (QED) is 0.439. The van der Waals surface area contributed by atoms with Crippen molar-refractivity contribution in [1.82, 2.24) is 9.97 Å². The van der Waals surface area contributed by atoms with E-state index in [4.69, 9.17) is 4.74 Å². The number of nitrogens with one attached hydrogen (secondary N) is 1. The van der Waals surface area contributed by atoms with Crippen molar-refractivity contribution in [2.75, 3.05) is 28.3 Å². The maximum atomic E-state index is 11.7. The SMILES string of the molecule is COC(=O)C(Cc1cnc([Se])[nH]1)[N+](C)(C)C. The van der Waals surface area contributed by atoms with Crippen LogP contribution in [0.15, 0.2) is 6.20 Å². The molecular formula is C10H17N3O2Se+. The molecule has 0 saturated heterocycles. The molecule has 0 saturated carbocycles. The van der Waals surface area contributed by atoms with Crippen molar-refractivity contribution in [2.45, 2.75) is 12.5 Å². The van der Waals surface area contributed by atoms with Gasteiger partial charge in [0.15, 0.2) is 0 Å². The summed E-state index contributed by atoms with van der Waals surface area (Å²) in [6.07, 6.45) is 2.32. The molecule has 1 aromatic heterocycles. The van der Waals surface area contributed by atoms with E-state index in [0.29, 0.717) is 10.9 Å². The molecule has 1 rings (SSSR count). The Bertz CT molecular complexity index is 370. The Kier molecular flexibility index (Phi) is 4.13. The van der Waals surface area contributed by atoms with Crippen LogP contribution in [0, 0.1) is 0 Å². The van der Waals surface area contributed by atoms with Crippen molar-refractivity contribution < 1.29 is 14.0 Å². The molecule has 0 aromatic carbocycles. The van der Waals surface area contributed by atoms with Gasteiger partial charge in [-0.25, -0.2) is 0 Å². The molecule has 89 valence electrons. The number of H-pyrrole nitrogens is 1. The maximum absolute atomic E-state index is 11.7. The number of hydrogen-bond acceptors (Lipinski definition) is 3. The third-order valence-electron chi connectivity index (χ3n) is 2.43. The summed E-state index contributed by atoms with van der Waals surface area (Å²) in [5.41, 5.74) is 0.928. The van der Waals surface area contributed by atoms with Crippen LogP contribution in [0.3, 0.4) is 0 Å². The monoisotopic (exact) mass is 291 g/mol. The summed E-state index contributed by atoms with van der Waals surface area (Å²) in [4.78, 5) is 18.8. The average molecular weight is 290 g/mol. The van der Waals surface area contributed by atoms with E-state index in [-0.39, 0.29) is 12.0 Å². The van der Waals surface area contributed by atoms with E-state index in [1.165, 1.54) is 7.11 Å². The van der Waals surface area contributed by atoms with E-state index in [2.05, 4.69) is 26.0 Å². The molecule has 0 bridgehead atoms. The first-order valence-corrected chi connectivity index (χ1v) is 5.80. The number of aromatic nitrogens is 2. The van der Waals surface area contributed by atoms with Gasteiger partial charge in [-0.1, -0.05) is 0 Å². The van der Waals surface area contributed by atoms with E-state index in [1.807, 2.05) is 21.1 Å². The van der Waals surface area contributed by atoms with Crippen LogP contribution in [0.4, 0.5) is 0 Å². The fourth-order valence-electron chi connectivity index (χ4n) is 1.46. The predicted octanol–water partition coefficient (Wildman–Crippen LogP) is -1.01. The topological polar surface area (TPSA) is 55.0 Å². The Balaban J connectivity index is 2.83. The number of carbonyl (C=O) groups is 1. The fraction of sp³-hybridized carbons (Fsp3) is 0.600. The third-order valence-corrected chi connectivity index (χ3v) is 2.86. The van der Waals surface area contributed by atoms with Crippen molar-refractivity contribution in [2.24, 2.45) is 0 Å². The van der Waals surface area contributed by atoms with Gasteiger partial charge in [-0.2, -0.15) is 0 Å².